The van der Waals surface area contributed by atoms with E-state index in [1.807, 2.05) is 18.7 Å². The average molecular weight is 523 g/mol. The van der Waals surface area contributed by atoms with E-state index in [1.54, 1.807) is 24.3 Å². The molecule has 1 aliphatic heterocycles. The molecular formula is C28H34N4O6. The molecule has 0 spiro atoms. The van der Waals surface area contributed by atoms with Crippen molar-refractivity contribution in [3.05, 3.63) is 68.4 Å². The first kappa shape index (κ1) is 27.0. The first-order valence-corrected chi connectivity index (χ1v) is 12.8. The molecular weight excluding hydrogens is 488 g/mol. The van der Waals surface area contributed by atoms with Gasteiger partial charge >= 0.3 is 5.69 Å². The predicted molar refractivity (Wildman–Crippen MR) is 144 cm³/mol. The Kier molecular flexibility index (Phi) is 8.19. The number of carbonyl (C=O) groups excluding carboxylic acids is 2. The maximum absolute atomic E-state index is 13.6. The molecule has 1 unspecified atom stereocenters. The number of hydrogen-bond donors (Lipinski definition) is 1. The van der Waals surface area contributed by atoms with Crippen molar-refractivity contribution in [3.63, 3.8) is 0 Å². The third kappa shape index (κ3) is 5.44. The van der Waals surface area contributed by atoms with Crippen molar-refractivity contribution in [1.29, 1.82) is 0 Å². The number of carbonyl (C=O) groups is 2. The number of nitrogens with zero attached hydrogens (tertiary/aromatic N) is 3. The number of hydrogen-bond acceptors (Lipinski definition) is 6. The maximum Gasteiger partial charge on any atom is 0.332 e. The molecule has 202 valence electrons. The summed E-state index contributed by atoms with van der Waals surface area (Å²) in [5, 5.41) is 3.09. The van der Waals surface area contributed by atoms with Gasteiger partial charge in [0.05, 0.1) is 31.7 Å². The van der Waals surface area contributed by atoms with Crippen LogP contribution in [0.4, 0.5) is 0 Å². The first-order valence-electron chi connectivity index (χ1n) is 12.8. The Labute approximate surface area is 220 Å². The monoisotopic (exact) mass is 522 g/mol. The van der Waals surface area contributed by atoms with E-state index in [0.717, 1.165) is 36.9 Å². The van der Waals surface area contributed by atoms with Crippen molar-refractivity contribution in [2.75, 3.05) is 27.3 Å². The molecule has 2 aromatic carbocycles. The van der Waals surface area contributed by atoms with E-state index >= 15 is 0 Å². The van der Waals surface area contributed by atoms with Crippen molar-refractivity contribution in [3.8, 4) is 11.5 Å². The maximum atomic E-state index is 13.6. The molecule has 1 N–H and O–H groups in total. The molecule has 2 heterocycles. The van der Waals surface area contributed by atoms with Crippen molar-refractivity contribution in [1.82, 2.24) is 19.4 Å². The lowest BCUT2D eigenvalue weighted by Crippen LogP contribution is -2.44. The Morgan fingerprint density at radius 2 is 1.61 bits per heavy atom. The van der Waals surface area contributed by atoms with Gasteiger partial charge in [-0.3, -0.25) is 23.5 Å². The van der Waals surface area contributed by atoms with Crippen LogP contribution in [0.2, 0.25) is 0 Å². The highest BCUT2D eigenvalue weighted by atomic mass is 16.5. The Balaban J connectivity index is 1.76. The van der Waals surface area contributed by atoms with Gasteiger partial charge in [-0.15, -0.1) is 0 Å². The SMILES string of the molecule is CCC(C)NC(=O)Cn1c(=O)n(Cc2ccc(C(=O)N3CCCC3)cc2)c(=O)c2cc(OC)c(OC)cc21. The van der Waals surface area contributed by atoms with Crippen LogP contribution in [0.5, 0.6) is 11.5 Å². The number of amides is 2. The van der Waals surface area contributed by atoms with E-state index in [1.165, 1.54) is 30.9 Å². The Hall–Kier alpha value is -4.08. The first-order chi connectivity index (χ1) is 18.3. The van der Waals surface area contributed by atoms with Gasteiger partial charge in [0.15, 0.2) is 11.5 Å². The molecule has 1 aromatic heterocycles. The molecule has 1 saturated heterocycles. The van der Waals surface area contributed by atoms with Crippen LogP contribution in [0.1, 0.15) is 49.0 Å². The molecule has 10 nitrogen and oxygen atoms in total. The zero-order valence-electron chi connectivity index (χ0n) is 22.3. The Morgan fingerprint density at radius 3 is 2.21 bits per heavy atom. The Morgan fingerprint density at radius 1 is 0.974 bits per heavy atom. The second-order valence-electron chi connectivity index (χ2n) is 9.56. The van der Waals surface area contributed by atoms with Crippen molar-refractivity contribution in [2.45, 2.75) is 52.2 Å². The minimum atomic E-state index is -0.619. The summed E-state index contributed by atoms with van der Waals surface area (Å²) in [5.41, 5.74) is 0.392. The van der Waals surface area contributed by atoms with Crippen LogP contribution in [0.3, 0.4) is 0 Å². The molecule has 0 bridgehead atoms. The van der Waals surface area contributed by atoms with Gasteiger partial charge in [-0.2, -0.15) is 0 Å². The van der Waals surface area contributed by atoms with Gasteiger partial charge < -0.3 is 19.7 Å². The van der Waals surface area contributed by atoms with E-state index in [2.05, 4.69) is 5.32 Å². The molecule has 1 aliphatic rings. The van der Waals surface area contributed by atoms with E-state index in [4.69, 9.17) is 9.47 Å². The highest BCUT2D eigenvalue weighted by Crippen LogP contribution is 2.30. The van der Waals surface area contributed by atoms with Crippen molar-refractivity contribution in [2.24, 2.45) is 0 Å². The van der Waals surface area contributed by atoms with Gasteiger partial charge in [0.25, 0.3) is 11.5 Å². The minimum absolute atomic E-state index is 0.0207. The normalized spacial score (nSPS) is 13.9. The third-order valence-corrected chi connectivity index (χ3v) is 6.99. The molecule has 1 fully saturated rings. The highest BCUT2D eigenvalue weighted by Gasteiger charge is 2.21. The number of likely N-dealkylation sites (tertiary alicyclic amines) is 1. The van der Waals surface area contributed by atoms with Crippen LogP contribution >= 0.6 is 0 Å². The minimum Gasteiger partial charge on any atom is -0.493 e. The van der Waals surface area contributed by atoms with Crippen molar-refractivity contribution >= 4 is 22.7 Å². The molecule has 3 aromatic rings. The topological polar surface area (TPSA) is 112 Å². The van der Waals surface area contributed by atoms with Gasteiger partial charge in [-0.25, -0.2) is 4.79 Å². The standard InChI is InChI=1S/C28H34N4O6/c1-5-18(2)29-25(33)17-31-22-15-24(38-4)23(37-3)14-21(22)27(35)32(28(31)36)16-19-8-10-20(11-9-19)26(34)30-12-6-7-13-30/h8-11,14-15,18H,5-7,12-13,16-17H2,1-4H3,(H,29,33). The zero-order valence-corrected chi connectivity index (χ0v) is 22.3. The van der Waals surface area contributed by atoms with Gasteiger partial charge in [-0.05, 0) is 49.9 Å². The number of nitrogens with one attached hydrogen (secondary N) is 1. The van der Waals surface area contributed by atoms with E-state index < -0.39 is 11.2 Å². The molecule has 0 radical (unpaired) electrons. The average Bonchev–Trinajstić information content (AvgIpc) is 3.47. The number of rotatable bonds is 9. The molecule has 0 aliphatic carbocycles. The number of methoxy groups -OCH3 is 2. The van der Waals surface area contributed by atoms with Crippen LogP contribution in [-0.4, -0.2) is 59.2 Å². The molecule has 0 saturated carbocycles. The summed E-state index contributed by atoms with van der Waals surface area (Å²) in [6.45, 7) is 5.06. The predicted octanol–water partition coefficient (Wildman–Crippen LogP) is 2.38. The lowest BCUT2D eigenvalue weighted by molar-refractivity contribution is -0.122. The summed E-state index contributed by atoms with van der Waals surface area (Å²) in [6.07, 6.45) is 2.75. The van der Waals surface area contributed by atoms with Gasteiger partial charge in [0.1, 0.15) is 6.54 Å². The van der Waals surface area contributed by atoms with Crippen LogP contribution in [0.15, 0.2) is 46.0 Å². The van der Waals surface area contributed by atoms with Crippen LogP contribution in [0, 0.1) is 0 Å². The van der Waals surface area contributed by atoms with E-state index in [0.29, 0.717) is 22.6 Å². The summed E-state index contributed by atoms with van der Waals surface area (Å²) >= 11 is 0. The fourth-order valence-electron chi connectivity index (χ4n) is 4.64. The summed E-state index contributed by atoms with van der Waals surface area (Å²) in [4.78, 5) is 54.4. The zero-order chi connectivity index (χ0) is 27.4. The molecule has 4 rings (SSSR count). The molecule has 2 amide bonds. The summed E-state index contributed by atoms with van der Waals surface area (Å²) < 4.78 is 13.1. The lowest BCUT2D eigenvalue weighted by Gasteiger charge is -2.18. The van der Waals surface area contributed by atoms with E-state index in [9.17, 15) is 19.2 Å². The second-order valence-corrected chi connectivity index (χ2v) is 9.56. The quantitative estimate of drug-likeness (QED) is 0.462. The van der Waals surface area contributed by atoms with E-state index in [-0.39, 0.29) is 41.8 Å². The van der Waals surface area contributed by atoms with Crippen LogP contribution in [0.25, 0.3) is 10.9 Å². The smallest absolute Gasteiger partial charge is 0.332 e. The molecule has 1 atom stereocenters. The van der Waals surface area contributed by atoms with Crippen LogP contribution < -0.4 is 26.0 Å². The summed E-state index contributed by atoms with van der Waals surface area (Å²) in [6, 6.07) is 9.92. The Bertz CT molecular complexity index is 1450. The summed E-state index contributed by atoms with van der Waals surface area (Å²) in [7, 11) is 2.92. The molecule has 38 heavy (non-hydrogen) atoms. The second kappa shape index (κ2) is 11.5. The third-order valence-electron chi connectivity index (χ3n) is 6.99. The van der Waals surface area contributed by atoms with Crippen LogP contribution in [-0.2, 0) is 17.9 Å². The largest absolute Gasteiger partial charge is 0.493 e. The fraction of sp³-hybridized carbons (Fsp3) is 0.429. The lowest BCUT2D eigenvalue weighted by atomic mass is 10.1. The van der Waals surface area contributed by atoms with Gasteiger partial charge in [-0.1, -0.05) is 19.1 Å². The number of benzene rings is 2. The van der Waals surface area contributed by atoms with Crippen molar-refractivity contribution < 1.29 is 19.1 Å². The fourth-order valence-corrected chi connectivity index (χ4v) is 4.64. The summed E-state index contributed by atoms with van der Waals surface area (Å²) in [5.74, 6) is 0.314. The number of ether oxygens (including phenoxy) is 2. The molecule has 10 heteroatoms. The van der Waals surface area contributed by atoms with Gasteiger partial charge in [0, 0.05) is 30.8 Å². The van der Waals surface area contributed by atoms with Gasteiger partial charge in [0.2, 0.25) is 5.91 Å². The number of aromatic nitrogens is 2. The number of fused-ring (bicyclic) bond motifs is 1. The highest BCUT2D eigenvalue weighted by molar-refractivity contribution is 5.94.